The Kier molecular flexibility index (Phi) is 3.71. The summed E-state index contributed by atoms with van der Waals surface area (Å²) >= 11 is 2.08. The Balaban J connectivity index is 2.28. The Bertz CT molecular complexity index is 599. The van der Waals surface area contributed by atoms with Crippen LogP contribution in [0.25, 0.3) is 0 Å². The van der Waals surface area contributed by atoms with Crippen LogP contribution in [0.3, 0.4) is 0 Å². The third-order valence-corrected chi connectivity index (χ3v) is 3.08. The van der Waals surface area contributed by atoms with Crippen molar-refractivity contribution in [1.29, 1.82) is 0 Å². The number of halogens is 1. The van der Waals surface area contributed by atoms with Crippen LogP contribution in [0.4, 0.5) is 11.4 Å². The number of amides is 1. The number of nitrogens with two attached hydrogens (primary N) is 1. The lowest BCUT2D eigenvalue weighted by Gasteiger charge is -2.09. The molecule has 0 aliphatic rings. The Hall–Kier alpha value is -1.76. The number of carbonyl (C=O) groups excluding carboxylic acids is 1. The first-order valence-electron chi connectivity index (χ1n) is 5.22. The lowest BCUT2D eigenvalue weighted by Crippen LogP contribution is -2.13. The highest BCUT2D eigenvalue weighted by Gasteiger charge is 2.12. The number of phenolic OH excluding ortho intramolecular Hbond substituents is 1. The minimum atomic E-state index is -0.385. The first-order valence-corrected chi connectivity index (χ1v) is 6.30. The fourth-order valence-corrected chi connectivity index (χ4v) is 1.98. The number of rotatable bonds is 2. The molecule has 0 radical (unpaired) electrons. The topological polar surface area (TPSA) is 75.3 Å². The van der Waals surface area contributed by atoms with Crippen LogP contribution in [0.15, 0.2) is 42.5 Å². The molecular weight excluding hydrogens is 343 g/mol. The van der Waals surface area contributed by atoms with Gasteiger partial charge in [-0.25, -0.2) is 0 Å². The van der Waals surface area contributed by atoms with E-state index in [4.69, 9.17) is 5.73 Å². The van der Waals surface area contributed by atoms with E-state index in [-0.39, 0.29) is 17.2 Å². The third-order valence-electron chi connectivity index (χ3n) is 2.41. The molecule has 2 aromatic carbocycles. The van der Waals surface area contributed by atoms with E-state index in [1.54, 1.807) is 36.4 Å². The van der Waals surface area contributed by atoms with E-state index in [1.807, 2.05) is 0 Å². The molecule has 0 heterocycles. The van der Waals surface area contributed by atoms with Gasteiger partial charge in [-0.2, -0.15) is 0 Å². The standard InChI is InChI=1S/C13H11IN2O2/c14-8-5-6-12(17)9(7-8)13(18)16-11-4-2-1-3-10(11)15/h1-7,17H,15H2,(H,16,18). The second-order valence-corrected chi connectivity index (χ2v) is 4.95. The van der Waals surface area contributed by atoms with Crippen molar-refractivity contribution in [2.75, 3.05) is 11.1 Å². The fraction of sp³-hybridized carbons (Fsp3) is 0. The van der Waals surface area contributed by atoms with Gasteiger partial charge in [0.1, 0.15) is 5.75 Å². The van der Waals surface area contributed by atoms with Crippen LogP contribution < -0.4 is 11.1 Å². The lowest BCUT2D eigenvalue weighted by atomic mass is 10.2. The smallest absolute Gasteiger partial charge is 0.259 e. The summed E-state index contributed by atoms with van der Waals surface area (Å²) in [6.45, 7) is 0. The van der Waals surface area contributed by atoms with Crippen LogP contribution in [0.1, 0.15) is 10.4 Å². The Morgan fingerprint density at radius 1 is 1.22 bits per heavy atom. The molecular formula is C13H11IN2O2. The van der Waals surface area contributed by atoms with Crippen LogP contribution in [0.2, 0.25) is 0 Å². The zero-order valence-electron chi connectivity index (χ0n) is 9.35. The average molecular weight is 354 g/mol. The number of benzene rings is 2. The van der Waals surface area contributed by atoms with Crippen LogP contribution in [0.5, 0.6) is 5.75 Å². The summed E-state index contributed by atoms with van der Waals surface area (Å²) in [5, 5.41) is 12.3. The predicted octanol–water partition coefficient (Wildman–Crippen LogP) is 2.83. The molecule has 0 unspecified atom stereocenters. The summed E-state index contributed by atoms with van der Waals surface area (Å²) in [5.41, 5.74) is 6.97. The molecule has 4 N–H and O–H groups in total. The van der Waals surface area contributed by atoms with E-state index < -0.39 is 0 Å². The molecule has 0 aliphatic carbocycles. The molecule has 92 valence electrons. The van der Waals surface area contributed by atoms with Crippen molar-refractivity contribution in [2.45, 2.75) is 0 Å². The van der Waals surface area contributed by atoms with Gasteiger partial charge in [-0.3, -0.25) is 4.79 Å². The number of para-hydroxylation sites is 2. The summed E-state index contributed by atoms with van der Waals surface area (Å²) in [6.07, 6.45) is 0. The molecule has 0 saturated carbocycles. The molecule has 0 aliphatic heterocycles. The van der Waals surface area contributed by atoms with Gasteiger partial charge >= 0.3 is 0 Å². The van der Waals surface area contributed by atoms with Crippen molar-refractivity contribution in [1.82, 2.24) is 0 Å². The van der Waals surface area contributed by atoms with Crippen molar-refractivity contribution < 1.29 is 9.90 Å². The minimum Gasteiger partial charge on any atom is -0.507 e. The van der Waals surface area contributed by atoms with E-state index >= 15 is 0 Å². The Morgan fingerprint density at radius 3 is 2.67 bits per heavy atom. The monoisotopic (exact) mass is 354 g/mol. The van der Waals surface area contributed by atoms with Crippen LogP contribution in [0, 0.1) is 3.57 Å². The molecule has 0 saturated heterocycles. The summed E-state index contributed by atoms with van der Waals surface area (Å²) in [6, 6.07) is 11.8. The van der Waals surface area contributed by atoms with Gasteiger partial charge in [0.25, 0.3) is 5.91 Å². The Labute approximate surface area is 118 Å². The number of nitrogens with one attached hydrogen (secondary N) is 1. The number of anilines is 2. The van der Waals surface area contributed by atoms with Crippen molar-refractivity contribution >= 4 is 39.9 Å². The van der Waals surface area contributed by atoms with Crippen LogP contribution >= 0.6 is 22.6 Å². The second kappa shape index (κ2) is 5.26. The van der Waals surface area contributed by atoms with Crippen molar-refractivity contribution in [3.8, 4) is 5.75 Å². The maximum absolute atomic E-state index is 12.0. The number of hydrogen-bond acceptors (Lipinski definition) is 3. The van der Waals surface area contributed by atoms with Crippen LogP contribution in [-0.2, 0) is 0 Å². The highest BCUT2D eigenvalue weighted by molar-refractivity contribution is 14.1. The summed E-state index contributed by atoms with van der Waals surface area (Å²) in [4.78, 5) is 12.0. The highest BCUT2D eigenvalue weighted by Crippen LogP contribution is 2.23. The number of nitrogen functional groups attached to an aromatic ring is 1. The molecule has 5 heteroatoms. The summed E-state index contributed by atoms with van der Waals surface area (Å²) in [7, 11) is 0. The number of aromatic hydroxyl groups is 1. The molecule has 0 fully saturated rings. The van der Waals surface area contributed by atoms with Gasteiger partial charge in [0.05, 0.1) is 16.9 Å². The quantitative estimate of drug-likeness (QED) is 0.574. The molecule has 18 heavy (non-hydrogen) atoms. The van der Waals surface area contributed by atoms with Gasteiger partial charge in [-0.1, -0.05) is 12.1 Å². The summed E-state index contributed by atoms with van der Waals surface area (Å²) in [5.74, 6) is -0.439. The molecule has 1 amide bonds. The first-order chi connectivity index (χ1) is 8.58. The largest absolute Gasteiger partial charge is 0.507 e. The molecule has 0 atom stereocenters. The van der Waals surface area contributed by atoms with Gasteiger partial charge in [0, 0.05) is 3.57 Å². The molecule has 2 aromatic rings. The first kappa shape index (κ1) is 12.7. The molecule has 0 aromatic heterocycles. The van der Waals surface area contributed by atoms with Crippen molar-refractivity contribution in [3.05, 3.63) is 51.6 Å². The minimum absolute atomic E-state index is 0.0533. The van der Waals surface area contributed by atoms with E-state index in [0.29, 0.717) is 11.4 Å². The van der Waals surface area contributed by atoms with Gasteiger partial charge in [-0.05, 0) is 52.9 Å². The third kappa shape index (κ3) is 2.73. The van der Waals surface area contributed by atoms with Crippen LogP contribution in [-0.4, -0.2) is 11.0 Å². The second-order valence-electron chi connectivity index (χ2n) is 3.70. The lowest BCUT2D eigenvalue weighted by molar-refractivity contribution is 0.102. The molecule has 2 rings (SSSR count). The van der Waals surface area contributed by atoms with Crippen molar-refractivity contribution in [2.24, 2.45) is 0 Å². The average Bonchev–Trinajstić information content (AvgIpc) is 2.35. The van der Waals surface area contributed by atoms with E-state index in [1.165, 1.54) is 6.07 Å². The van der Waals surface area contributed by atoms with E-state index in [0.717, 1.165) is 3.57 Å². The van der Waals surface area contributed by atoms with E-state index in [9.17, 15) is 9.90 Å². The predicted molar refractivity (Wildman–Crippen MR) is 79.6 cm³/mol. The maximum atomic E-state index is 12.0. The van der Waals surface area contributed by atoms with Gasteiger partial charge < -0.3 is 16.2 Å². The Morgan fingerprint density at radius 2 is 1.94 bits per heavy atom. The zero-order valence-corrected chi connectivity index (χ0v) is 11.5. The van der Waals surface area contributed by atoms with Gasteiger partial charge in [0.2, 0.25) is 0 Å². The molecule has 4 nitrogen and oxygen atoms in total. The van der Waals surface area contributed by atoms with Crippen molar-refractivity contribution in [3.63, 3.8) is 0 Å². The highest BCUT2D eigenvalue weighted by atomic mass is 127. The zero-order chi connectivity index (χ0) is 13.1. The summed E-state index contributed by atoms with van der Waals surface area (Å²) < 4.78 is 0.872. The molecule has 0 spiro atoms. The maximum Gasteiger partial charge on any atom is 0.259 e. The van der Waals surface area contributed by atoms with E-state index in [2.05, 4.69) is 27.9 Å². The van der Waals surface area contributed by atoms with Gasteiger partial charge in [0.15, 0.2) is 0 Å². The fourth-order valence-electron chi connectivity index (χ4n) is 1.49. The number of carbonyl (C=O) groups is 1. The normalized spacial score (nSPS) is 10.1. The van der Waals surface area contributed by atoms with Gasteiger partial charge in [-0.15, -0.1) is 0 Å². The number of hydrogen-bond donors (Lipinski definition) is 3. The number of phenols is 1. The SMILES string of the molecule is Nc1ccccc1NC(=O)c1cc(I)ccc1O. The molecule has 0 bridgehead atoms.